The highest BCUT2D eigenvalue weighted by Crippen LogP contribution is 2.35. The predicted octanol–water partition coefficient (Wildman–Crippen LogP) is 5.60. The van der Waals surface area contributed by atoms with Crippen LogP contribution in [0.3, 0.4) is 0 Å². The van der Waals surface area contributed by atoms with Crippen LogP contribution in [0.2, 0.25) is 0 Å². The molecular weight excluding hydrogens is 769 g/mol. The lowest BCUT2D eigenvalue weighted by atomic mass is 10.1. The second-order valence-corrected chi connectivity index (χ2v) is 15.3. The molecule has 286 valence electrons. The Labute approximate surface area is 318 Å². The van der Waals surface area contributed by atoms with Gasteiger partial charge in [-0.1, -0.05) is 24.3 Å². The summed E-state index contributed by atoms with van der Waals surface area (Å²) in [5.74, 6) is -4.27. The summed E-state index contributed by atoms with van der Waals surface area (Å²) in [6.07, 6.45) is 0. The number of hydrogen-bond acceptors (Lipinski definition) is 10. The molecule has 0 fully saturated rings. The summed E-state index contributed by atoms with van der Waals surface area (Å²) in [4.78, 5) is 50.9. The van der Waals surface area contributed by atoms with Gasteiger partial charge in [-0.15, -0.1) is 0 Å². The van der Waals surface area contributed by atoms with Gasteiger partial charge in [0.25, 0.3) is 32.1 Å². The Bertz CT molecular complexity index is 2700. The van der Waals surface area contributed by atoms with Gasteiger partial charge < -0.3 is 31.5 Å². The van der Waals surface area contributed by atoms with E-state index >= 15 is 0 Å². The van der Waals surface area contributed by atoms with Crippen molar-refractivity contribution in [2.24, 2.45) is 0 Å². The normalized spacial score (nSPS) is 11.6. The molecule has 0 saturated carbocycles. The fourth-order valence-electron chi connectivity index (χ4n) is 6.00. The number of benzene rings is 6. The van der Waals surface area contributed by atoms with Gasteiger partial charge in [-0.05, 0) is 96.4 Å². The van der Waals surface area contributed by atoms with Crippen LogP contribution in [0.4, 0.5) is 22.7 Å². The zero-order valence-corrected chi connectivity index (χ0v) is 30.7. The Morgan fingerprint density at radius 1 is 0.482 bits per heavy atom. The Balaban J connectivity index is 1.13. The number of fused-ring (bicyclic) bond motifs is 2. The summed E-state index contributed by atoms with van der Waals surface area (Å²) in [5.41, 5.74) is 1.45. The molecule has 0 unspecified atom stereocenters. The molecule has 8 N–H and O–H groups in total. The first kappa shape index (κ1) is 38.9. The van der Waals surface area contributed by atoms with Crippen molar-refractivity contribution in [1.29, 1.82) is 0 Å². The number of phenols is 2. The van der Waals surface area contributed by atoms with Gasteiger partial charge in [-0.3, -0.25) is 28.3 Å². The van der Waals surface area contributed by atoms with Crippen molar-refractivity contribution in [2.45, 2.75) is 23.6 Å². The molecule has 0 aromatic heterocycles. The SMILES string of the molecule is Cc1cc(C(=O)Nc2cccc3cc(O)cc(S(=O)(=O)O)c23)ccc1NC(=O)C(=O)Nc1ccc(C(=O)Nc2cccc3cc(O)cc(S(=O)(=O)O)c23)cc1C. The average molecular weight is 799 g/mol. The average Bonchev–Trinajstić information content (AvgIpc) is 3.11. The quantitative estimate of drug-likeness (QED) is 0.0691. The van der Waals surface area contributed by atoms with Crippen molar-refractivity contribution in [3.8, 4) is 11.5 Å². The maximum absolute atomic E-state index is 13.2. The third kappa shape index (κ3) is 8.12. The number of aromatic hydroxyl groups is 2. The lowest BCUT2D eigenvalue weighted by Gasteiger charge is -2.14. The number of anilines is 4. The van der Waals surface area contributed by atoms with Crippen LogP contribution in [0.1, 0.15) is 31.8 Å². The molecule has 0 aliphatic heterocycles. The van der Waals surface area contributed by atoms with Gasteiger partial charge in [0.2, 0.25) is 0 Å². The molecule has 6 rings (SSSR count). The highest BCUT2D eigenvalue weighted by molar-refractivity contribution is 7.86. The third-order valence-corrected chi connectivity index (χ3v) is 10.3. The summed E-state index contributed by atoms with van der Waals surface area (Å²) in [6, 6.07) is 21.4. The van der Waals surface area contributed by atoms with Gasteiger partial charge in [0.1, 0.15) is 21.3 Å². The van der Waals surface area contributed by atoms with Crippen LogP contribution in [-0.4, -0.2) is 59.8 Å². The van der Waals surface area contributed by atoms with Crippen LogP contribution < -0.4 is 21.3 Å². The molecule has 0 saturated heterocycles. The Hall–Kier alpha value is -6.86. The summed E-state index contributed by atoms with van der Waals surface area (Å²) in [7, 11) is -9.57. The number of nitrogens with one attached hydrogen (secondary N) is 4. The van der Waals surface area contributed by atoms with E-state index in [0.29, 0.717) is 11.1 Å². The fraction of sp³-hybridized carbons (Fsp3) is 0.0526. The number of amides is 4. The van der Waals surface area contributed by atoms with Gasteiger partial charge in [0, 0.05) is 45.4 Å². The molecule has 4 amide bonds. The molecule has 0 aliphatic rings. The molecule has 18 heteroatoms. The fourth-order valence-corrected chi connectivity index (χ4v) is 7.51. The van der Waals surface area contributed by atoms with Crippen LogP contribution in [0.5, 0.6) is 11.5 Å². The van der Waals surface area contributed by atoms with Crippen molar-refractivity contribution in [2.75, 3.05) is 21.3 Å². The molecule has 56 heavy (non-hydrogen) atoms. The maximum atomic E-state index is 13.2. The number of phenolic OH excluding ortho intramolecular Hbond substituents is 2. The number of hydrogen-bond donors (Lipinski definition) is 8. The lowest BCUT2D eigenvalue weighted by Crippen LogP contribution is -2.29. The van der Waals surface area contributed by atoms with Gasteiger partial charge in [0.15, 0.2) is 0 Å². The van der Waals surface area contributed by atoms with Crippen molar-refractivity contribution in [3.05, 3.63) is 119 Å². The molecule has 0 spiro atoms. The van der Waals surface area contributed by atoms with E-state index in [-0.39, 0.29) is 55.4 Å². The van der Waals surface area contributed by atoms with E-state index in [4.69, 9.17) is 0 Å². The van der Waals surface area contributed by atoms with E-state index in [1.165, 1.54) is 84.9 Å². The topological polar surface area (TPSA) is 266 Å². The Morgan fingerprint density at radius 3 is 1.20 bits per heavy atom. The summed E-state index contributed by atoms with van der Waals surface area (Å²) >= 11 is 0. The summed E-state index contributed by atoms with van der Waals surface area (Å²) in [6.45, 7) is 3.14. The van der Waals surface area contributed by atoms with Gasteiger partial charge in [0.05, 0.1) is 11.4 Å². The molecule has 0 radical (unpaired) electrons. The van der Waals surface area contributed by atoms with E-state index in [9.17, 15) is 55.3 Å². The molecule has 0 atom stereocenters. The minimum atomic E-state index is -4.79. The summed E-state index contributed by atoms with van der Waals surface area (Å²) < 4.78 is 67.6. The standard InChI is InChI=1S/C38H30N4O12S2/c1-19-13-23(35(45)41-29-7-3-5-21-15-25(43)17-31(33(21)29)55(49,50)51)9-11-27(19)39-37(47)38(48)40-28-12-10-24(14-20(28)2)36(46)42-30-8-4-6-22-16-26(44)18-32(34(22)30)56(52,53)54/h3-18,43-44H,1-2H3,(H,39,47)(H,40,48)(H,41,45)(H,42,46)(H,49,50,51)(H,52,53,54). The first-order chi connectivity index (χ1) is 26.3. The van der Waals surface area contributed by atoms with E-state index in [1.807, 2.05) is 0 Å². The maximum Gasteiger partial charge on any atom is 0.314 e. The van der Waals surface area contributed by atoms with Gasteiger partial charge in [-0.25, -0.2) is 0 Å². The van der Waals surface area contributed by atoms with Crippen LogP contribution >= 0.6 is 0 Å². The lowest BCUT2D eigenvalue weighted by molar-refractivity contribution is -0.133. The number of carbonyl (C=O) groups excluding carboxylic acids is 4. The van der Waals surface area contributed by atoms with Gasteiger partial charge >= 0.3 is 11.8 Å². The van der Waals surface area contributed by atoms with E-state index in [0.717, 1.165) is 12.1 Å². The van der Waals surface area contributed by atoms with E-state index in [1.54, 1.807) is 13.8 Å². The second-order valence-electron chi connectivity index (χ2n) is 12.5. The Kier molecular flexibility index (Phi) is 10.2. The molecule has 0 aliphatic carbocycles. The molecule has 6 aromatic carbocycles. The summed E-state index contributed by atoms with van der Waals surface area (Å²) in [5, 5.41) is 30.4. The highest BCUT2D eigenvalue weighted by Gasteiger charge is 2.23. The van der Waals surface area contributed by atoms with Gasteiger partial charge in [-0.2, -0.15) is 16.8 Å². The smallest absolute Gasteiger partial charge is 0.314 e. The zero-order valence-electron chi connectivity index (χ0n) is 29.1. The molecule has 16 nitrogen and oxygen atoms in total. The van der Waals surface area contributed by atoms with Crippen molar-refractivity contribution < 1.29 is 55.3 Å². The van der Waals surface area contributed by atoms with Crippen molar-refractivity contribution in [3.63, 3.8) is 0 Å². The Morgan fingerprint density at radius 2 is 0.857 bits per heavy atom. The largest absolute Gasteiger partial charge is 0.508 e. The first-order valence-electron chi connectivity index (χ1n) is 16.2. The predicted molar refractivity (Wildman–Crippen MR) is 206 cm³/mol. The van der Waals surface area contributed by atoms with Crippen LogP contribution in [0, 0.1) is 13.8 Å². The van der Waals surface area contributed by atoms with E-state index in [2.05, 4.69) is 21.3 Å². The van der Waals surface area contributed by atoms with E-state index < -0.39 is 65.2 Å². The minimum absolute atomic E-state index is 0.0266. The van der Waals surface area contributed by atoms with Crippen LogP contribution in [0.15, 0.2) is 107 Å². The number of aryl methyl sites for hydroxylation is 2. The molecule has 0 heterocycles. The third-order valence-electron chi connectivity index (χ3n) is 8.58. The molecule has 6 aromatic rings. The van der Waals surface area contributed by atoms with Crippen molar-refractivity contribution in [1.82, 2.24) is 0 Å². The minimum Gasteiger partial charge on any atom is -0.508 e. The monoisotopic (exact) mass is 798 g/mol. The van der Waals surface area contributed by atoms with Crippen LogP contribution in [-0.2, 0) is 29.8 Å². The number of rotatable bonds is 8. The molecular formula is C38H30N4O12S2. The second kappa shape index (κ2) is 14.8. The number of carbonyl (C=O) groups is 4. The first-order valence-corrected chi connectivity index (χ1v) is 19.1. The van der Waals surface area contributed by atoms with Crippen molar-refractivity contribution >= 4 is 88.2 Å². The highest BCUT2D eigenvalue weighted by atomic mass is 32.2. The van der Waals surface area contributed by atoms with Crippen LogP contribution in [0.25, 0.3) is 21.5 Å². The zero-order chi connectivity index (χ0) is 40.7. The molecule has 0 bridgehead atoms.